The zero-order valence-corrected chi connectivity index (χ0v) is 14.1. The van der Waals surface area contributed by atoms with Gasteiger partial charge in [0.25, 0.3) is 5.91 Å². The SMILES string of the molecule is COc1ccccc1NC(=O)/C(C#N)=C\c1cn[nH]c1-c1ccccc1. The molecule has 0 bridgehead atoms. The molecule has 0 spiro atoms. The molecular weight excluding hydrogens is 328 g/mol. The minimum atomic E-state index is -0.516. The normalized spacial score (nSPS) is 10.8. The van der Waals surface area contributed by atoms with Gasteiger partial charge in [0.1, 0.15) is 17.4 Å². The monoisotopic (exact) mass is 344 g/mol. The van der Waals surface area contributed by atoms with Crippen LogP contribution in [0.2, 0.25) is 0 Å². The molecule has 0 fully saturated rings. The molecule has 128 valence electrons. The molecule has 0 atom stereocenters. The number of para-hydroxylation sites is 2. The number of nitriles is 1. The van der Waals surface area contributed by atoms with E-state index in [9.17, 15) is 10.1 Å². The fourth-order valence-electron chi connectivity index (χ4n) is 2.48. The predicted octanol–water partition coefficient (Wildman–Crippen LogP) is 3.63. The van der Waals surface area contributed by atoms with E-state index in [0.29, 0.717) is 17.0 Å². The topological polar surface area (TPSA) is 90.8 Å². The first-order valence-corrected chi connectivity index (χ1v) is 7.88. The fraction of sp³-hybridized carbons (Fsp3) is 0.0500. The number of carbonyl (C=O) groups is 1. The summed E-state index contributed by atoms with van der Waals surface area (Å²) in [6.07, 6.45) is 3.09. The van der Waals surface area contributed by atoms with Gasteiger partial charge in [-0.25, -0.2) is 0 Å². The first kappa shape index (κ1) is 17.0. The van der Waals surface area contributed by atoms with Crippen LogP contribution in [-0.4, -0.2) is 23.2 Å². The van der Waals surface area contributed by atoms with Gasteiger partial charge in [-0.2, -0.15) is 10.4 Å². The van der Waals surface area contributed by atoms with Gasteiger partial charge in [0.15, 0.2) is 0 Å². The Hall–Kier alpha value is -3.85. The molecule has 0 saturated carbocycles. The summed E-state index contributed by atoms with van der Waals surface area (Å²) in [4.78, 5) is 12.5. The highest BCUT2D eigenvalue weighted by molar-refractivity contribution is 6.10. The maximum absolute atomic E-state index is 12.5. The quantitative estimate of drug-likeness (QED) is 0.546. The lowest BCUT2D eigenvalue weighted by Gasteiger charge is -2.09. The molecule has 0 aliphatic rings. The zero-order chi connectivity index (χ0) is 18.4. The van der Waals surface area contributed by atoms with Gasteiger partial charge in [0.05, 0.1) is 24.7 Å². The third-order valence-corrected chi connectivity index (χ3v) is 3.75. The molecule has 0 radical (unpaired) electrons. The number of nitrogens with one attached hydrogen (secondary N) is 2. The van der Waals surface area contributed by atoms with Gasteiger partial charge in [-0.1, -0.05) is 42.5 Å². The van der Waals surface area contributed by atoms with Crippen LogP contribution in [0.4, 0.5) is 5.69 Å². The van der Waals surface area contributed by atoms with Gasteiger partial charge in [-0.05, 0) is 18.2 Å². The lowest BCUT2D eigenvalue weighted by Crippen LogP contribution is -2.14. The Morgan fingerprint density at radius 2 is 1.92 bits per heavy atom. The van der Waals surface area contributed by atoms with Crippen molar-refractivity contribution in [2.75, 3.05) is 12.4 Å². The van der Waals surface area contributed by atoms with Crippen LogP contribution in [-0.2, 0) is 4.79 Å². The Morgan fingerprint density at radius 1 is 1.19 bits per heavy atom. The van der Waals surface area contributed by atoms with Crippen LogP contribution in [0.15, 0.2) is 66.4 Å². The standard InChI is InChI=1S/C20H16N4O2/c1-26-18-10-6-5-9-17(18)23-20(25)15(12-21)11-16-13-22-24-19(16)14-7-3-2-4-8-14/h2-11,13H,1H3,(H,22,24)(H,23,25)/b15-11-. The van der Waals surface area contributed by atoms with Crippen molar-refractivity contribution in [2.45, 2.75) is 0 Å². The van der Waals surface area contributed by atoms with Crippen LogP contribution in [0.25, 0.3) is 17.3 Å². The molecule has 0 aliphatic heterocycles. The molecule has 3 rings (SSSR count). The highest BCUT2D eigenvalue weighted by Crippen LogP contribution is 2.25. The van der Waals surface area contributed by atoms with Crippen LogP contribution in [0, 0.1) is 11.3 Å². The Morgan fingerprint density at radius 3 is 2.65 bits per heavy atom. The third-order valence-electron chi connectivity index (χ3n) is 3.75. The van der Waals surface area contributed by atoms with Crippen molar-refractivity contribution in [1.82, 2.24) is 10.2 Å². The number of aromatic amines is 1. The van der Waals surface area contributed by atoms with Crippen molar-refractivity contribution in [1.29, 1.82) is 5.26 Å². The summed E-state index contributed by atoms with van der Waals surface area (Å²) in [7, 11) is 1.52. The van der Waals surface area contributed by atoms with Crippen molar-refractivity contribution in [3.63, 3.8) is 0 Å². The van der Waals surface area contributed by atoms with E-state index in [-0.39, 0.29) is 5.57 Å². The molecule has 1 amide bonds. The van der Waals surface area contributed by atoms with Crippen LogP contribution in [0.3, 0.4) is 0 Å². The second-order valence-corrected chi connectivity index (χ2v) is 5.39. The smallest absolute Gasteiger partial charge is 0.266 e. The van der Waals surface area contributed by atoms with E-state index in [2.05, 4.69) is 15.5 Å². The number of amides is 1. The van der Waals surface area contributed by atoms with Crippen LogP contribution in [0.1, 0.15) is 5.56 Å². The predicted molar refractivity (Wildman–Crippen MR) is 99.2 cm³/mol. The first-order valence-electron chi connectivity index (χ1n) is 7.88. The fourth-order valence-corrected chi connectivity index (χ4v) is 2.48. The Labute approximate surface area is 150 Å². The number of benzene rings is 2. The number of H-pyrrole nitrogens is 1. The molecule has 2 N–H and O–H groups in total. The molecule has 3 aromatic rings. The minimum Gasteiger partial charge on any atom is -0.495 e. The van der Waals surface area contributed by atoms with Gasteiger partial charge < -0.3 is 10.1 Å². The maximum Gasteiger partial charge on any atom is 0.266 e. The number of methoxy groups -OCH3 is 1. The molecular formula is C20H16N4O2. The number of hydrogen-bond acceptors (Lipinski definition) is 4. The molecule has 26 heavy (non-hydrogen) atoms. The van der Waals surface area contributed by atoms with E-state index in [4.69, 9.17) is 4.74 Å². The number of carbonyl (C=O) groups excluding carboxylic acids is 1. The summed E-state index contributed by atoms with van der Waals surface area (Å²) in [6, 6.07) is 18.5. The van der Waals surface area contributed by atoms with E-state index < -0.39 is 5.91 Å². The average Bonchev–Trinajstić information content (AvgIpc) is 3.15. The Bertz CT molecular complexity index is 984. The molecule has 2 aromatic carbocycles. The van der Waals surface area contributed by atoms with Crippen molar-refractivity contribution < 1.29 is 9.53 Å². The van der Waals surface area contributed by atoms with E-state index in [1.807, 2.05) is 36.4 Å². The third kappa shape index (κ3) is 3.62. The van der Waals surface area contributed by atoms with E-state index in [1.165, 1.54) is 13.2 Å². The zero-order valence-electron chi connectivity index (χ0n) is 14.1. The van der Waals surface area contributed by atoms with E-state index in [1.54, 1.807) is 30.5 Å². The highest BCUT2D eigenvalue weighted by atomic mass is 16.5. The lowest BCUT2D eigenvalue weighted by molar-refractivity contribution is -0.112. The van der Waals surface area contributed by atoms with Gasteiger partial charge >= 0.3 is 0 Å². The number of rotatable bonds is 5. The van der Waals surface area contributed by atoms with E-state index in [0.717, 1.165) is 11.3 Å². The summed E-state index contributed by atoms with van der Waals surface area (Å²) in [5.41, 5.74) is 2.77. The van der Waals surface area contributed by atoms with Gasteiger partial charge in [-0.3, -0.25) is 9.89 Å². The number of nitrogens with zero attached hydrogens (tertiary/aromatic N) is 2. The summed E-state index contributed by atoms with van der Waals surface area (Å²) in [5.74, 6) is 0.00337. The second kappa shape index (κ2) is 7.81. The largest absolute Gasteiger partial charge is 0.495 e. The summed E-state index contributed by atoms with van der Waals surface area (Å²) >= 11 is 0. The lowest BCUT2D eigenvalue weighted by atomic mass is 10.1. The van der Waals surface area contributed by atoms with Crippen LogP contribution >= 0.6 is 0 Å². The van der Waals surface area contributed by atoms with Crippen LogP contribution in [0.5, 0.6) is 5.75 Å². The van der Waals surface area contributed by atoms with Crippen molar-refractivity contribution in [3.8, 4) is 23.1 Å². The van der Waals surface area contributed by atoms with Gasteiger partial charge in [-0.15, -0.1) is 0 Å². The second-order valence-electron chi connectivity index (χ2n) is 5.39. The Kier molecular flexibility index (Phi) is 5.11. The molecule has 0 saturated heterocycles. The number of ether oxygens (including phenoxy) is 1. The minimum absolute atomic E-state index is 0.0329. The van der Waals surface area contributed by atoms with Crippen molar-refractivity contribution in [3.05, 3.63) is 71.9 Å². The molecule has 6 nitrogen and oxygen atoms in total. The van der Waals surface area contributed by atoms with Crippen molar-refractivity contribution in [2.24, 2.45) is 0 Å². The Balaban J connectivity index is 1.89. The van der Waals surface area contributed by atoms with Gasteiger partial charge in [0, 0.05) is 11.1 Å². The maximum atomic E-state index is 12.5. The molecule has 1 aromatic heterocycles. The summed E-state index contributed by atoms with van der Waals surface area (Å²) in [6.45, 7) is 0. The molecule has 6 heteroatoms. The molecule has 1 heterocycles. The molecule has 0 aliphatic carbocycles. The van der Waals surface area contributed by atoms with E-state index >= 15 is 0 Å². The number of hydrogen-bond donors (Lipinski definition) is 2. The number of aromatic nitrogens is 2. The van der Waals surface area contributed by atoms with Gasteiger partial charge in [0.2, 0.25) is 0 Å². The van der Waals surface area contributed by atoms with Crippen LogP contribution < -0.4 is 10.1 Å². The first-order chi connectivity index (χ1) is 12.7. The highest BCUT2D eigenvalue weighted by Gasteiger charge is 2.14. The summed E-state index contributed by atoms with van der Waals surface area (Å²) < 4.78 is 5.21. The molecule has 0 unspecified atom stereocenters. The average molecular weight is 344 g/mol. The number of anilines is 1. The summed E-state index contributed by atoms with van der Waals surface area (Å²) in [5, 5.41) is 19.0. The van der Waals surface area contributed by atoms with Crippen molar-refractivity contribution >= 4 is 17.7 Å².